The zero-order valence-corrected chi connectivity index (χ0v) is 15.1. The first-order valence-electron chi connectivity index (χ1n) is 8.23. The smallest absolute Gasteiger partial charge is 0.406 e. The molecular formula is C19H15F3N4O3. The van der Waals surface area contributed by atoms with Crippen molar-refractivity contribution in [3.63, 3.8) is 0 Å². The normalized spacial score (nSPS) is 13.0. The Balaban J connectivity index is 2.05. The Morgan fingerprint density at radius 2 is 1.79 bits per heavy atom. The molecule has 0 saturated carbocycles. The third-order valence-corrected chi connectivity index (χ3v) is 3.76. The van der Waals surface area contributed by atoms with Gasteiger partial charge in [-0.25, -0.2) is 4.98 Å². The maximum absolute atomic E-state index is 12.3. The summed E-state index contributed by atoms with van der Waals surface area (Å²) in [5, 5.41) is -0.158. The standard InChI is InChI=1S/C19H15F3N4O3/c1-10(2)16-13(23-9-24-16)8-15-18(28)25-14(17(27)26-15)7-11-4-3-5-12(6-11)29-19(20,21)22/h3-9H,1H2,2H3,(H,23,24)(H,25,28)(H,26,27)/b14-7-,15-8-. The van der Waals surface area contributed by atoms with Crippen LogP contribution < -0.4 is 26.6 Å². The number of ether oxygens (including phenoxy) is 1. The number of nitrogens with one attached hydrogen (secondary N) is 3. The van der Waals surface area contributed by atoms with E-state index in [-0.39, 0.29) is 16.3 Å². The first-order valence-corrected chi connectivity index (χ1v) is 8.23. The van der Waals surface area contributed by atoms with Crippen LogP contribution in [0.5, 0.6) is 5.75 Å². The third kappa shape index (κ3) is 4.92. The monoisotopic (exact) mass is 404 g/mol. The van der Waals surface area contributed by atoms with Crippen LogP contribution in [0.3, 0.4) is 0 Å². The van der Waals surface area contributed by atoms with Gasteiger partial charge in [0.1, 0.15) is 16.4 Å². The number of aromatic nitrogens is 4. The minimum Gasteiger partial charge on any atom is -0.406 e. The second-order valence-corrected chi connectivity index (χ2v) is 6.09. The average Bonchev–Trinajstić information content (AvgIpc) is 3.06. The van der Waals surface area contributed by atoms with Crippen LogP contribution in [0.15, 0.2) is 46.8 Å². The minimum atomic E-state index is -4.84. The number of nitrogens with zero attached hydrogens (tertiary/aromatic N) is 1. The van der Waals surface area contributed by atoms with Gasteiger partial charge in [0.25, 0.3) is 11.1 Å². The topological polar surface area (TPSA) is 104 Å². The van der Waals surface area contributed by atoms with Crippen LogP contribution in [0.25, 0.3) is 17.7 Å². The molecule has 0 unspecified atom stereocenters. The van der Waals surface area contributed by atoms with Gasteiger partial charge in [-0.3, -0.25) is 9.59 Å². The Labute approximate surface area is 160 Å². The Bertz CT molecular complexity index is 1300. The number of halogens is 3. The summed E-state index contributed by atoms with van der Waals surface area (Å²) in [6.45, 7) is 5.55. The second-order valence-electron chi connectivity index (χ2n) is 6.09. The predicted molar refractivity (Wildman–Crippen MR) is 100 cm³/mol. The van der Waals surface area contributed by atoms with E-state index in [4.69, 9.17) is 0 Å². The van der Waals surface area contributed by atoms with Crippen molar-refractivity contribution in [3.8, 4) is 5.75 Å². The van der Waals surface area contributed by atoms with Crippen molar-refractivity contribution in [1.29, 1.82) is 0 Å². The van der Waals surface area contributed by atoms with E-state index in [0.29, 0.717) is 17.0 Å². The molecule has 1 aromatic carbocycles. The van der Waals surface area contributed by atoms with E-state index in [1.165, 1.54) is 30.6 Å². The van der Waals surface area contributed by atoms with Crippen molar-refractivity contribution in [2.45, 2.75) is 13.3 Å². The predicted octanol–water partition coefficient (Wildman–Crippen LogP) is 1.38. The van der Waals surface area contributed by atoms with Crippen LogP contribution >= 0.6 is 0 Å². The summed E-state index contributed by atoms with van der Waals surface area (Å²) in [5.41, 5.74) is 0.731. The van der Waals surface area contributed by atoms with Gasteiger partial charge in [-0.2, -0.15) is 0 Å². The highest BCUT2D eigenvalue weighted by molar-refractivity contribution is 5.66. The van der Waals surface area contributed by atoms with Crippen LogP contribution in [0.1, 0.15) is 23.9 Å². The molecule has 0 amide bonds. The maximum Gasteiger partial charge on any atom is 0.573 e. The SMILES string of the molecule is C=C(C)c1[nH]cnc1/C=c1\[nH]c(=O)/c(=C/c2cccc(OC(F)(F)F)c2)[nH]c1=O. The zero-order valence-electron chi connectivity index (χ0n) is 15.1. The fourth-order valence-corrected chi connectivity index (χ4v) is 2.56. The molecule has 0 spiro atoms. The van der Waals surface area contributed by atoms with Gasteiger partial charge >= 0.3 is 6.36 Å². The van der Waals surface area contributed by atoms with Crippen molar-refractivity contribution in [2.75, 3.05) is 0 Å². The lowest BCUT2D eigenvalue weighted by Gasteiger charge is -2.08. The first kappa shape index (κ1) is 19.9. The highest BCUT2D eigenvalue weighted by atomic mass is 19.4. The summed E-state index contributed by atoms with van der Waals surface area (Å²) in [5.74, 6) is -0.444. The van der Waals surface area contributed by atoms with Crippen molar-refractivity contribution >= 4 is 17.7 Å². The molecule has 29 heavy (non-hydrogen) atoms. The first-order chi connectivity index (χ1) is 13.6. The summed E-state index contributed by atoms with van der Waals surface area (Å²) in [7, 11) is 0. The number of hydrogen-bond donors (Lipinski definition) is 3. The molecule has 3 aromatic rings. The van der Waals surface area contributed by atoms with Crippen LogP contribution in [0, 0.1) is 0 Å². The Morgan fingerprint density at radius 3 is 2.41 bits per heavy atom. The van der Waals surface area contributed by atoms with E-state index in [2.05, 4.69) is 31.3 Å². The number of alkyl halides is 3. The molecule has 150 valence electrons. The quantitative estimate of drug-likeness (QED) is 0.611. The molecule has 0 radical (unpaired) electrons. The molecule has 2 heterocycles. The van der Waals surface area contributed by atoms with Crippen LogP contribution in [-0.2, 0) is 0 Å². The van der Waals surface area contributed by atoms with Gasteiger partial charge in [0, 0.05) is 0 Å². The average molecular weight is 404 g/mol. The third-order valence-electron chi connectivity index (χ3n) is 3.76. The van der Waals surface area contributed by atoms with Crippen LogP contribution in [0.2, 0.25) is 0 Å². The van der Waals surface area contributed by atoms with E-state index < -0.39 is 23.2 Å². The number of benzene rings is 1. The van der Waals surface area contributed by atoms with E-state index in [1.54, 1.807) is 6.92 Å². The van der Waals surface area contributed by atoms with E-state index in [9.17, 15) is 22.8 Å². The summed E-state index contributed by atoms with van der Waals surface area (Å²) in [4.78, 5) is 36.5. The van der Waals surface area contributed by atoms with Gasteiger partial charge in [-0.05, 0) is 42.3 Å². The molecule has 3 N–H and O–H groups in total. The van der Waals surface area contributed by atoms with Gasteiger partial charge in [-0.15, -0.1) is 13.2 Å². The second kappa shape index (κ2) is 7.66. The molecule has 10 heteroatoms. The summed E-state index contributed by atoms with van der Waals surface area (Å²) in [6, 6.07) is 5.01. The van der Waals surface area contributed by atoms with Crippen molar-refractivity contribution in [2.24, 2.45) is 0 Å². The molecule has 3 rings (SSSR count). The maximum atomic E-state index is 12.3. The Morgan fingerprint density at radius 1 is 1.14 bits per heavy atom. The highest BCUT2D eigenvalue weighted by Gasteiger charge is 2.31. The lowest BCUT2D eigenvalue weighted by Crippen LogP contribution is -2.46. The molecular weight excluding hydrogens is 389 g/mol. The van der Waals surface area contributed by atoms with E-state index >= 15 is 0 Å². The molecule has 0 aliphatic heterocycles. The molecule has 0 atom stereocenters. The minimum absolute atomic E-state index is 0.0316. The Hall–Kier alpha value is -3.82. The zero-order chi connectivity index (χ0) is 21.2. The molecule has 2 aromatic heterocycles. The largest absolute Gasteiger partial charge is 0.573 e. The number of allylic oxidation sites excluding steroid dienone is 1. The molecule has 7 nitrogen and oxygen atoms in total. The van der Waals surface area contributed by atoms with Crippen molar-refractivity contribution < 1.29 is 17.9 Å². The number of aromatic amines is 3. The van der Waals surface area contributed by atoms with Crippen molar-refractivity contribution in [3.05, 3.63) is 85.5 Å². The van der Waals surface area contributed by atoms with Gasteiger partial charge in [0.2, 0.25) is 0 Å². The highest BCUT2D eigenvalue weighted by Crippen LogP contribution is 2.23. The molecule has 0 fully saturated rings. The van der Waals surface area contributed by atoms with Crippen LogP contribution in [-0.4, -0.2) is 26.3 Å². The number of imidazole rings is 1. The van der Waals surface area contributed by atoms with Gasteiger partial charge in [0.15, 0.2) is 0 Å². The fraction of sp³-hybridized carbons (Fsp3) is 0.105. The van der Waals surface area contributed by atoms with Crippen molar-refractivity contribution in [1.82, 2.24) is 19.9 Å². The lowest BCUT2D eigenvalue weighted by molar-refractivity contribution is -0.274. The summed E-state index contributed by atoms with van der Waals surface area (Å²) in [6.07, 6.45) is -0.777. The summed E-state index contributed by atoms with van der Waals surface area (Å²) < 4.78 is 40.9. The fourth-order valence-electron chi connectivity index (χ4n) is 2.56. The molecule has 0 aliphatic rings. The van der Waals surface area contributed by atoms with E-state index in [0.717, 1.165) is 12.1 Å². The van der Waals surface area contributed by atoms with E-state index in [1.807, 2.05) is 0 Å². The van der Waals surface area contributed by atoms with Gasteiger partial charge in [0.05, 0.1) is 17.7 Å². The van der Waals surface area contributed by atoms with Crippen LogP contribution in [0.4, 0.5) is 13.2 Å². The number of H-pyrrole nitrogens is 3. The van der Waals surface area contributed by atoms with Gasteiger partial charge < -0.3 is 19.7 Å². The number of rotatable bonds is 4. The molecule has 0 bridgehead atoms. The lowest BCUT2D eigenvalue weighted by atomic mass is 10.2. The molecule has 0 saturated heterocycles. The summed E-state index contributed by atoms with van der Waals surface area (Å²) >= 11 is 0. The van der Waals surface area contributed by atoms with Gasteiger partial charge in [-0.1, -0.05) is 18.7 Å². The molecule has 0 aliphatic carbocycles. The number of hydrogen-bond acceptors (Lipinski definition) is 4. The Kier molecular flexibility index (Phi) is 5.26.